The van der Waals surface area contributed by atoms with Gasteiger partial charge >= 0.3 is 0 Å². The van der Waals surface area contributed by atoms with E-state index in [1.54, 1.807) is 0 Å². The number of furan rings is 2. The van der Waals surface area contributed by atoms with Crippen molar-refractivity contribution in [3.8, 4) is 51.0 Å². The number of nitrogens with zero attached hydrogens (tertiary/aromatic N) is 4. The van der Waals surface area contributed by atoms with Crippen molar-refractivity contribution >= 4 is 65.7 Å². The molecule has 0 bridgehead atoms. The van der Waals surface area contributed by atoms with Crippen LogP contribution in [0.3, 0.4) is 0 Å². The van der Waals surface area contributed by atoms with Crippen molar-refractivity contribution in [1.29, 1.82) is 0 Å². The summed E-state index contributed by atoms with van der Waals surface area (Å²) in [5.74, 6) is 1.77. The average Bonchev–Trinajstić information content (AvgIpc) is 3.95. The molecule has 0 saturated carbocycles. The molecule has 0 atom stereocenters. The van der Waals surface area contributed by atoms with E-state index < -0.39 is 0 Å². The molecular formula is C51H30N4O2. The zero-order chi connectivity index (χ0) is 37.5. The fraction of sp³-hybridized carbons (Fsp3) is 0. The van der Waals surface area contributed by atoms with Gasteiger partial charge in [0.2, 0.25) is 0 Å². The van der Waals surface area contributed by atoms with Gasteiger partial charge in [0.25, 0.3) is 0 Å². The lowest BCUT2D eigenvalue weighted by Gasteiger charge is -2.12. The van der Waals surface area contributed by atoms with Gasteiger partial charge in [-0.1, -0.05) is 127 Å². The van der Waals surface area contributed by atoms with E-state index in [4.69, 9.17) is 23.8 Å². The molecule has 0 aliphatic carbocycles. The van der Waals surface area contributed by atoms with E-state index in [1.807, 2.05) is 72.8 Å². The number of hydrogen-bond acceptors (Lipinski definition) is 5. The van der Waals surface area contributed by atoms with Gasteiger partial charge in [0.15, 0.2) is 17.5 Å². The summed E-state index contributed by atoms with van der Waals surface area (Å²) in [4.78, 5) is 15.2. The van der Waals surface area contributed by atoms with Gasteiger partial charge in [0.05, 0.1) is 11.0 Å². The maximum Gasteiger partial charge on any atom is 0.164 e. The van der Waals surface area contributed by atoms with Crippen molar-refractivity contribution in [3.63, 3.8) is 0 Å². The van der Waals surface area contributed by atoms with Crippen LogP contribution in [-0.4, -0.2) is 19.5 Å². The van der Waals surface area contributed by atoms with Crippen molar-refractivity contribution < 1.29 is 8.83 Å². The molecule has 4 heterocycles. The first-order valence-electron chi connectivity index (χ1n) is 19.0. The third kappa shape index (κ3) is 5.01. The number of fused-ring (bicyclic) bond motifs is 9. The first kappa shape index (κ1) is 31.5. The fourth-order valence-electron chi connectivity index (χ4n) is 8.43. The fourth-order valence-corrected chi connectivity index (χ4v) is 8.43. The molecular weight excluding hydrogens is 701 g/mol. The van der Waals surface area contributed by atoms with Crippen LogP contribution in [-0.2, 0) is 0 Å². The minimum absolute atomic E-state index is 0.578. The molecule has 6 heteroatoms. The van der Waals surface area contributed by atoms with E-state index >= 15 is 0 Å². The third-order valence-electron chi connectivity index (χ3n) is 11.1. The topological polar surface area (TPSA) is 69.9 Å². The summed E-state index contributed by atoms with van der Waals surface area (Å²) in [7, 11) is 0. The number of para-hydroxylation sites is 3. The van der Waals surface area contributed by atoms with E-state index in [-0.39, 0.29) is 0 Å². The Bertz CT molecular complexity index is 3540. The van der Waals surface area contributed by atoms with Crippen LogP contribution in [0.25, 0.3) is 117 Å². The number of aromatic nitrogens is 4. The molecule has 0 aliphatic heterocycles. The first-order valence-corrected chi connectivity index (χ1v) is 19.0. The highest BCUT2D eigenvalue weighted by Crippen LogP contribution is 2.40. The second-order valence-electron chi connectivity index (χ2n) is 14.4. The van der Waals surface area contributed by atoms with E-state index in [1.165, 1.54) is 10.8 Å². The third-order valence-corrected chi connectivity index (χ3v) is 11.1. The van der Waals surface area contributed by atoms with Crippen molar-refractivity contribution in [3.05, 3.63) is 182 Å². The zero-order valence-electron chi connectivity index (χ0n) is 30.4. The monoisotopic (exact) mass is 730 g/mol. The number of benzene rings is 8. The van der Waals surface area contributed by atoms with Crippen LogP contribution in [0.15, 0.2) is 191 Å². The minimum atomic E-state index is 0.578. The lowest BCUT2D eigenvalue weighted by Crippen LogP contribution is -2.01. The molecule has 0 unspecified atom stereocenters. The van der Waals surface area contributed by atoms with Gasteiger partial charge in [-0.15, -0.1) is 0 Å². The summed E-state index contributed by atoms with van der Waals surface area (Å²) in [5, 5.41) is 6.74. The predicted octanol–water partition coefficient (Wildman–Crippen LogP) is 13.4. The molecule has 0 aliphatic rings. The predicted molar refractivity (Wildman–Crippen MR) is 230 cm³/mol. The molecule has 0 fully saturated rings. The first-order chi connectivity index (χ1) is 28.2. The van der Waals surface area contributed by atoms with E-state index in [9.17, 15) is 0 Å². The highest BCUT2D eigenvalue weighted by molar-refractivity contribution is 6.15. The molecule has 4 aromatic heterocycles. The quantitative estimate of drug-likeness (QED) is 0.176. The largest absolute Gasteiger partial charge is 0.456 e. The van der Waals surface area contributed by atoms with Gasteiger partial charge in [-0.2, -0.15) is 0 Å². The maximum absolute atomic E-state index is 6.28. The van der Waals surface area contributed by atoms with Crippen LogP contribution in [0.1, 0.15) is 0 Å². The van der Waals surface area contributed by atoms with Crippen molar-refractivity contribution in [2.24, 2.45) is 0 Å². The van der Waals surface area contributed by atoms with Gasteiger partial charge in [-0.3, -0.25) is 0 Å². The molecule has 57 heavy (non-hydrogen) atoms. The SMILES string of the molecule is c1ccc(-c2nc(-c3cccc(-n4c5ccccc5c5ccc(-c6cccc7oc8ccccc8c67)cc54)c3)nc(-c3ccc4c(c3)oc3ccccc34)n2)cc1. The molecule has 12 aromatic rings. The molecule has 0 spiro atoms. The summed E-state index contributed by atoms with van der Waals surface area (Å²) < 4.78 is 14.9. The number of rotatable bonds is 5. The van der Waals surface area contributed by atoms with Gasteiger partial charge in [0, 0.05) is 54.7 Å². The maximum atomic E-state index is 6.28. The Kier molecular flexibility index (Phi) is 6.83. The summed E-state index contributed by atoms with van der Waals surface area (Å²) >= 11 is 0. The Hall–Kier alpha value is -7.83. The van der Waals surface area contributed by atoms with Gasteiger partial charge in [-0.25, -0.2) is 15.0 Å². The molecule has 266 valence electrons. The zero-order valence-corrected chi connectivity index (χ0v) is 30.4. The van der Waals surface area contributed by atoms with Gasteiger partial charge < -0.3 is 13.4 Å². The molecule has 0 N–H and O–H groups in total. The molecule has 0 saturated heterocycles. The molecule has 12 rings (SSSR count). The van der Waals surface area contributed by atoms with E-state index in [0.29, 0.717) is 17.5 Å². The second-order valence-corrected chi connectivity index (χ2v) is 14.4. The van der Waals surface area contributed by atoms with Crippen molar-refractivity contribution in [2.75, 3.05) is 0 Å². The smallest absolute Gasteiger partial charge is 0.164 e. The highest BCUT2D eigenvalue weighted by atomic mass is 16.3. The lowest BCUT2D eigenvalue weighted by molar-refractivity contribution is 0.668. The Balaban J connectivity index is 1.04. The normalized spacial score (nSPS) is 11.9. The summed E-state index contributed by atoms with van der Waals surface area (Å²) in [6.07, 6.45) is 0. The Labute approximate surface area is 325 Å². The Morgan fingerprint density at radius 1 is 0.333 bits per heavy atom. The summed E-state index contributed by atoms with van der Waals surface area (Å²) in [6, 6.07) is 62.8. The van der Waals surface area contributed by atoms with Gasteiger partial charge in [0.1, 0.15) is 22.3 Å². The van der Waals surface area contributed by atoms with E-state index in [0.717, 1.165) is 88.4 Å². The molecule has 0 amide bonds. The van der Waals surface area contributed by atoms with E-state index in [2.05, 4.69) is 114 Å². The Morgan fingerprint density at radius 3 is 1.74 bits per heavy atom. The highest BCUT2D eigenvalue weighted by Gasteiger charge is 2.19. The van der Waals surface area contributed by atoms with Crippen LogP contribution in [0.5, 0.6) is 0 Å². The summed E-state index contributed by atoms with van der Waals surface area (Å²) in [6.45, 7) is 0. The standard InChI is InChI=1S/C51H30N4O2/c1-2-12-31(13-3-1)49-52-50(54-51(53-49)34-25-27-40-39-17-5-8-21-44(39)57-47(40)30-34)33-14-10-15-35(28-33)55-42-20-7-4-16-37(42)38-26-24-32(29-43(38)55)36-19-11-23-46-48(36)41-18-6-9-22-45(41)56-46/h1-30H. The number of hydrogen-bond donors (Lipinski definition) is 0. The van der Waals surface area contributed by atoms with Crippen molar-refractivity contribution in [2.45, 2.75) is 0 Å². The van der Waals surface area contributed by atoms with Crippen LogP contribution < -0.4 is 0 Å². The van der Waals surface area contributed by atoms with Crippen LogP contribution in [0, 0.1) is 0 Å². The average molecular weight is 731 g/mol. The van der Waals surface area contributed by atoms with Gasteiger partial charge in [-0.05, 0) is 65.7 Å². The van der Waals surface area contributed by atoms with Crippen LogP contribution in [0.2, 0.25) is 0 Å². The summed E-state index contributed by atoms with van der Waals surface area (Å²) in [5.41, 5.74) is 11.6. The molecule has 0 radical (unpaired) electrons. The Morgan fingerprint density at radius 2 is 0.895 bits per heavy atom. The second kappa shape index (κ2) is 12.3. The molecule has 8 aromatic carbocycles. The minimum Gasteiger partial charge on any atom is -0.456 e. The van der Waals surface area contributed by atoms with Crippen LogP contribution in [0.4, 0.5) is 0 Å². The van der Waals surface area contributed by atoms with Crippen molar-refractivity contribution in [1.82, 2.24) is 19.5 Å². The lowest BCUT2D eigenvalue weighted by atomic mass is 9.98. The van der Waals surface area contributed by atoms with Crippen LogP contribution >= 0.6 is 0 Å². The molecule has 6 nitrogen and oxygen atoms in total.